The van der Waals surface area contributed by atoms with E-state index < -0.39 is 0 Å². The minimum absolute atomic E-state index is 0.542. The Balaban J connectivity index is 2.55. The number of fused-ring (bicyclic) bond motifs is 3. The molecule has 0 N–H and O–H groups in total. The Bertz CT molecular complexity index is 790. The molecule has 0 bridgehead atoms. The number of benzene rings is 2. The third-order valence-electron chi connectivity index (χ3n) is 4.52. The van der Waals surface area contributed by atoms with Gasteiger partial charge in [-0.05, 0) is 36.0 Å². The van der Waals surface area contributed by atoms with Crippen LogP contribution in [0, 0.1) is 0 Å². The minimum Gasteiger partial charge on any atom is -0.341 e. The van der Waals surface area contributed by atoms with Gasteiger partial charge in [0.05, 0.1) is 5.52 Å². The summed E-state index contributed by atoms with van der Waals surface area (Å²) in [7, 11) is 0. The van der Waals surface area contributed by atoms with Crippen molar-refractivity contribution in [2.45, 2.75) is 53.0 Å². The lowest BCUT2D eigenvalue weighted by Crippen LogP contribution is -2.03. The van der Waals surface area contributed by atoms with Gasteiger partial charge in [0.2, 0.25) is 0 Å². The normalized spacial score (nSPS) is 12.1. The first kappa shape index (κ1) is 14.2. The zero-order chi connectivity index (χ0) is 15.1. The van der Waals surface area contributed by atoms with E-state index in [0.29, 0.717) is 11.8 Å². The molecule has 0 unspecified atom stereocenters. The van der Waals surface area contributed by atoms with Crippen LogP contribution >= 0.6 is 0 Å². The monoisotopic (exact) mass is 279 g/mol. The van der Waals surface area contributed by atoms with E-state index in [1.165, 1.54) is 32.9 Å². The Morgan fingerprint density at radius 1 is 0.857 bits per heavy atom. The molecule has 0 amide bonds. The smallest absolute Gasteiger partial charge is 0.0529 e. The average molecular weight is 279 g/mol. The molecule has 0 fully saturated rings. The summed E-state index contributed by atoms with van der Waals surface area (Å²) in [4.78, 5) is 0. The van der Waals surface area contributed by atoms with Gasteiger partial charge in [-0.1, -0.05) is 58.0 Å². The van der Waals surface area contributed by atoms with Gasteiger partial charge in [-0.15, -0.1) is 0 Å². The molecule has 0 aliphatic heterocycles. The summed E-state index contributed by atoms with van der Waals surface area (Å²) >= 11 is 0. The molecule has 1 heterocycles. The molecule has 1 heteroatoms. The third-order valence-corrected chi connectivity index (χ3v) is 4.52. The molecule has 0 atom stereocenters. The van der Waals surface area contributed by atoms with Crippen LogP contribution in [0.3, 0.4) is 0 Å². The molecule has 1 aromatic heterocycles. The van der Waals surface area contributed by atoms with Crippen LogP contribution in [-0.2, 0) is 6.54 Å². The van der Waals surface area contributed by atoms with Gasteiger partial charge in [0.15, 0.2) is 0 Å². The van der Waals surface area contributed by atoms with Crippen LogP contribution in [0.5, 0.6) is 0 Å². The molecule has 0 radical (unpaired) electrons. The first-order valence-corrected chi connectivity index (χ1v) is 8.10. The van der Waals surface area contributed by atoms with Gasteiger partial charge in [-0.3, -0.25) is 0 Å². The second kappa shape index (κ2) is 5.22. The fourth-order valence-electron chi connectivity index (χ4n) is 3.63. The average Bonchev–Trinajstić information content (AvgIpc) is 2.79. The number of aryl methyl sites for hydroxylation is 1. The van der Waals surface area contributed by atoms with Crippen molar-refractivity contribution in [3.05, 3.63) is 47.5 Å². The second-order valence-corrected chi connectivity index (χ2v) is 6.54. The molecule has 21 heavy (non-hydrogen) atoms. The summed E-state index contributed by atoms with van der Waals surface area (Å²) in [6.07, 6.45) is 0. The highest BCUT2D eigenvalue weighted by atomic mass is 15.0. The van der Waals surface area contributed by atoms with Crippen molar-refractivity contribution in [1.29, 1.82) is 0 Å². The molecular weight excluding hydrogens is 254 g/mol. The van der Waals surface area contributed by atoms with Crippen LogP contribution in [0.25, 0.3) is 21.8 Å². The highest BCUT2D eigenvalue weighted by Gasteiger charge is 2.19. The maximum absolute atomic E-state index is 2.49. The zero-order valence-electron chi connectivity index (χ0n) is 13.8. The number of para-hydroxylation sites is 1. The maximum atomic E-state index is 2.49. The summed E-state index contributed by atoms with van der Waals surface area (Å²) < 4.78 is 2.49. The molecule has 0 aliphatic carbocycles. The number of rotatable bonds is 3. The van der Waals surface area contributed by atoms with Crippen molar-refractivity contribution in [2.75, 3.05) is 0 Å². The van der Waals surface area contributed by atoms with Crippen molar-refractivity contribution < 1.29 is 0 Å². The van der Waals surface area contributed by atoms with Crippen LogP contribution in [0.1, 0.15) is 57.6 Å². The van der Waals surface area contributed by atoms with Crippen LogP contribution in [0.15, 0.2) is 36.4 Å². The summed E-state index contributed by atoms with van der Waals surface area (Å²) in [5, 5.41) is 2.78. The molecule has 0 spiro atoms. The summed E-state index contributed by atoms with van der Waals surface area (Å²) in [5.74, 6) is 1.11. The van der Waals surface area contributed by atoms with E-state index in [1.807, 2.05) is 0 Å². The Morgan fingerprint density at radius 2 is 1.57 bits per heavy atom. The number of hydrogen-bond donors (Lipinski definition) is 0. The summed E-state index contributed by atoms with van der Waals surface area (Å²) in [6.45, 7) is 12.5. The Labute approximate surface area is 127 Å². The van der Waals surface area contributed by atoms with Crippen molar-refractivity contribution in [2.24, 2.45) is 0 Å². The number of aromatic nitrogens is 1. The highest BCUT2D eigenvalue weighted by Crippen LogP contribution is 2.38. The van der Waals surface area contributed by atoms with Crippen molar-refractivity contribution in [3.8, 4) is 0 Å². The van der Waals surface area contributed by atoms with Crippen molar-refractivity contribution in [1.82, 2.24) is 4.57 Å². The lowest BCUT2D eigenvalue weighted by molar-refractivity contribution is 0.773. The molecule has 110 valence electrons. The summed E-state index contributed by atoms with van der Waals surface area (Å²) in [5.41, 5.74) is 5.83. The van der Waals surface area contributed by atoms with Crippen LogP contribution in [0.4, 0.5) is 0 Å². The lowest BCUT2D eigenvalue weighted by atomic mass is 9.88. The molecule has 3 rings (SSSR count). The van der Waals surface area contributed by atoms with E-state index in [0.717, 1.165) is 6.54 Å². The Hall–Kier alpha value is -1.76. The van der Waals surface area contributed by atoms with E-state index >= 15 is 0 Å². The molecule has 2 aromatic carbocycles. The largest absolute Gasteiger partial charge is 0.341 e. The molecule has 0 saturated heterocycles. The highest BCUT2D eigenvalue weighted by molar-refractivity contribution is 6.09. The van der Waals surface area contributed by atoms with Gasteiger partial charge in [-0.2, -0.15) is 0 Å². The van der Waals surface area contributed by atoms with Crippen molar-refractivity contribution >= 4 is 21.8 Å². The van der Waals surface area contributed by atoms with Crippen LogP contribution in [-0.4, -0.2) is 4.57 Å². The Morgan fingerprint density at radius 3 is 2.19 bits per heavy atom. The molecule has 0 saturated carbocycles. The van der Waals surface area contributed by atoms with Gasteiger partial charge >= 0.3 is 0 Å². The van der Waals surface area contributed by atoms with Crippen LogP contribution in [0.2, 0.25) is 0 Å². The van der Waals surface area contributed by atoms with E-state index in [1.54, 1.807) is 0 Å². The minimum atomic E-state index is 0.542. The number of nitrogens with zero attached hydrogens (tertiary/aromatic N) is 1. The van der Waals surface area contributed by atoms with E-state index in [9.17, 15) is 0 Å². The van der Waals surface area contributed by atoms with E-state index in [-0.39, 0.29) is 0 Å². The molecular formula is C20H25N. The van der Waals surface area contributed by atoms with Crippen LogP contribution < -0.4 is 0 Å². The van der Waals surface area contributed by atoms with E-state index in [4.69, 9.17) is 0 Å². The summed E-state index contributed by atoms with van der Waals surface area (Å²) in [6, 6.07) is 13.5. The topological polar surface area (TPSA) is 4.93 Å². The maximum Gasteiger partial charge on any atom is 0.0529 e. The predicted molar refractivity (Wildman–Crippen MR) is 93.3 cm³/mol. The molecule has 0 aliphatic rings. The quantitative estimate of drug-likeness (QED) is 0.549. The SMILES string of the molecule is CCn1c2ccccc2c2ccc(C(C)C)c(C(C)C)c21. The molecule has 3 aromatic rings. The molecule has 1 nitrogen and oxygen atoms in total. The van der Waals surface area contributed by atoms with Gasteiger partial charge in [-0.25, -0.2) is 0 Å². The fraction of sp³-hybridized carbons (Fsp3) is 0.400. The van der Waals surface area contributed by atoms with Gasteiger partial charge < -0.3 is 4.57 Å². The van der Waals surface area contributed by atoms with Gasteiger partial charge in [0.25, 0.3) is 0 Å². The van der Waals surface area contributed by atoms with Gasteiger partial charge in [0.1, 0.15) is 0 Å². The first-order chi connectivity index (χ1) is 10.1. The number of hydrogen-bond acceptors (Lipinski definition) is 0. The standard InChI is InChI=1S/C20H25N/c1-6-21-18-10-8-7-9-16(18)17-12-11-15(13(2)3)19(14(4)5)20(17)21/h7-14H,6H2,1-5H3. The lowest BCUT2D eigenvalue weighted by Gasteiger charge is -2.19. The van der Waals surface area contributed by atoms with Gasteiger partial charge in [0, 0.05) is 22.8 Å². The fourth-order valence-corrected chi connectivity index (χ4v) is 3.63. The van der Waals surface area contributed by atoms with E-state index in [2.05, 4.69) is 75.6 Å². The first-order valence-electron chi connectivity index (χ1n) is 8.10. The Kier molecular flexibility index (Phi) is 3.52. The van der Waals surface area contributed by atoms with Crippen molar-refractivity contribution in [3.63, 3.8) is 0 Å². The second-order valence-electron chi connectivity index (χ2n) is 6.54. The third kappa shape index (κ3) is 2.07. The zero-order valence-corrected chi connectivity index (χ0v) is 13.8. The predicted octanol–water partition coefficient (Wildman–Crippen LogP) is 6.06.